The van der Waals surface area contributed by atoms with Gasteiger partial charge in [0.15, 0.2) is 5.82 Å². The average Bonchev–Trinajstić information content (AvgIpc) is 3.74. The average molecular weight is 704 g/mol. The molecule has 2 unspecified atom stereocenters. The molecule has 3 aromatic rings. The number of aromatic nitrogens is 2. The number of carbonyl (C=O) groups excluding carboxylic acids is 5. The number of hydrogen-bond donors (Lipinski definition) is 4. The molecule has 1 saturated heterocycles. The highest BCUT2D eigenvalue weighted by Crippen LogP contribution is 2.19. The van der Waals surface area contributed by atoms with Crippen molar-refractivity contribution >= 4 is 35.5 Å². The molecule has 1 fully saturated rings. The fraction of sp³-hybridized carbons (Fsp3) is 0.459. The summed E-state index contributed by atoms with van der Waals surface area (Å²) < 4.78 is 12.6. The number of anilines is 1. The van der Waals surface area contributed by atoms with Crippen LogP contribution in [0.2, 0.25) is 0 Å². The lowest BCUT2D eigenvalue weighted by atomic mass is 10.0. The van der Waals surface area contributed by atoms with Crippen LogP contribution in [-0.4, -0.2) is 87.1 Å². The lowest BCUT2D eigenvalue weighted by Gasteiger charge is -2.29. The Morgan fingerprint density at radius 3 is 2.27 bits per heavy atom. The molecule has 274 valence electrons. The summed E-state index contributed by atoms with van der Waals surface area (Å²) in [6.07, 6.45) is 4.12. The van der Waals surface area contributed by atoms with Crippen LogP contribution in [0.15, 0.2) is 73.2 Å². The Morgan fingerprint density at radius 1 is 0.941 bits per heavy atom. The minimum atomic E-state index is -1.44. The van der Waals surface area contributed by atoms with Crippen molar-refractivity contribution in [3.05, 3.63) is 84.3 Å². The summed E-state index contributed by atoms with van der Waals surface area (Å²) in [6, 6.07) is 17.5. The topological polar surface area (TPSA) is 173 Å². The largest absolute Gasteiger partial charge is 0.444 e. The summed E-state index contributed by atoms with van der Waals surface area (Å²) >= 11 is 0. The third-order valence-corrected chi connectivity index (χ3v) is 8.03. The van der Waals surface area contributed by atoms with Crippen molar-refractivity contribution in [2.24, 2.45) is 0 Å². The molecule has 51 heavy (non-hydrogen) atoms. The van der Waals surface area contributed by atoms with Gasteiger partial charge in [0.1, 0.15) is 29.8 Å². The van der Waals surface area contributed by atoms with E-state index in [0.717, 1.165) is 17.5 Å². The molecule has 2 atom stereocenters. The van der Waals surface area contributed by atoms with Gasteiger partial charge in [0.25, 0.3) is 5.91 Å². The molecule has 0 spiro atoms. The second-order valence-corrected chi connectivity index (χ2v) is 14.0. The Morgan fingerprint density at radius 2 is 1.61 bits per heavy atom. The van der Waals surface area contributed by atoms with Crippen LogP contribution in [0.25, 0.3) is 0 Å². The van der Waals surface area contributed by atoms with Crippen LogP contribution < -0.4 is 21.3 Å². The number of benzene rings is 2. The summed E-state index contributed by atoms with van der Waals surface area (Å²) in [5, 5.41) is 10.8. The van der Waals surface area contributed by atoms with Crippen molar-refractivity contribution in [1.29, 1.82) is 0 Å². The highest BCUT2D eigenvalue weighted by atomic mass is 16.6. The summed E-state index contributed by atoms with van der Waals surface area (Å²) in [4.78, 5) is 71.2. The van der Waals surface area contributed by atoms with Gasteiger partial charge < -0.3 is 40.2 Å². The number of amides is 5. The number of nitrogens with one attached hydrogen (secondary N) is 4. The highest BCUT2D eigenvalue weighted by Gasteiger charge is 2.36. The molecule has 1 aromatic heterocycles. The van der Waals surface area contributed by atoms with E-state index in [0.29, 0.717) is 25.9 Å². The molecule has 4 N–H and O–H groups in total. The predicted molar refractivity (Wildman–Crippen MR) is 190 cm³/mol. The van der Waals surface area contributed by atoms with Crippen LogP contribution in [0.4, 0.5) is 10.6 Å². The number of rotatable bonds is 15. The zero-order valence-corrected chi connectivity index (χ0v) is 29.9. The molecule has 0 bridgehead atoms. The monoisotopic (exact) mass is 703 g/mol. The maximum atomic E-state index is 13.5. The SMILES string of the molecule is CC(C)(C)OC(=O)NC(C)(C)C(=O)NC(COCc1ccccc1)C(=O)Nc1cn(CC(=O)N2CCCC2C(=O)NCCc2ccccc2)cn1. The molecule has 14 heteroatoms. The van der Waals surface area contributed by atoms with E-state index < -0.39 is 41.1 Å². The molecule has 2 heterocycles. The second-order valence-electron chi connectivity index (χ2n) is 14.0. The Balaban J connectivity index is 1.34. The van der Waals surface area contributed by atoms with Crippen LogP contribution >= 0.6 is 0 Å². The van der Waals surface area contributed by atoms with Crippen molar-refractivity contribution in [2.75, 3.05) is 25.0 Å². The minimum absolute atomic E-state index is 0.0818. The number of likely N-dealkylation sites (tertiary alicyclic amines) is 1. The molecule has 5 amide bonds. The van der Waals surface area contributed by atoms with Crippen molar-refractivity contribution in [1.82, 2.24) is 30.4 Å². The number of alkyl carbamates (subject to hydrolysis) is 1. The van der Waals surface area contributed by atoms with E-state index in [4.69, 9.17) is 9.47 Å². The van der Waals surface area contributed by atoms with E-state index >= 15 is 0 Å². The van der Waals surface area contributed by atoms with Crippen molar-refractivity contribution in [3.8, 4) is 0 Å². The molecule has 0 radical (unpaired) electrons. The molecule has 1 aliphatic rings. The molecular weight excluding hydrogens is 654 g/mol. The van der Waals surface area contributed by atoms with Gasteiger partial charge in [0.05, 0.1) is 19.5 Å². The summed E-state index contributed by atoms with van der Waals surface area (Å²) in [5.74, 6) is -1.53. The fourth-order valence-electron chi connectivity index (χ4n) is 5.41. The predicted octanol–water partition coefficient (Wildman–Crippen LogP) is 3.18. The maximum absolute atomic E-state index is 13.5. The molecule has 2 aromatic carbocycles. The van der Waals surface area contributed by atoms with Crippen LogP contribution in [-0.2, 0) is 48.2 Å². The van der Waals surface area contributed by atoms with E-state index in [1.54, 1.807) is 25.7 Å². The lowest BCUT2D eigenvalue weighted by molar-refractivity contribution is -0.138. The molecular formula is C37H49N7O7. The Kier molecular flexibility index (Phi) is 13.3. The highest BCUT2D eigenvalue weighted by molar-refractivity contribution is 5.98. The summed E-state index contributed by atoms with van der Waals surface area (Å²) in [6.45, 7) is 8.97. The van der Waals surface area contributed by atoms with Gasteiger partial charge in [-0.25, -0.2) is 9.78 Å². The quantitative estimate of drug-likeness (QED) is 0.187. The first-order chi connectivity index (χ1) is 24.2. The van der Waals surface area contributed by atoms with E-state index in [1.165, 1.54) is 30.9 Å². The first kappa shape index (κ1) is 38.6. The van der Waals surface area contributed by atoms with Crippen LogP contribution in [0.5, 0.6) is 0 Å². The van der Waals surface area contributed by atoms with Gasteiger partial charge in [0.2, 0.25) is 17.7 Å². The van der Waals surface area contributed by atoms with Gasteiger partial charge in [-0.15, -0.1) is 0 Å². The van der Waals surface area contributed by atoms with Crippen LogP contribution in [0.3, 0.4) is 0 Å². The van der Waals surface area contributed by atoms with Crippen molar-refractivity contribution < 1.29 is 33.4 Å². The van der Waals surface area contributed by atoms with E-state index in [-0.39, 0.29) is 37.4 Å². The van der Waals surface area contributed by atoms with Gasteiger partial charge in [-0.1, -0.05) is 60.7 Å². The van der Waals surface area contributed by atoms with E-state index in [2.05, 4.69) is 26.3 Å². The third kappa shape index (κ3) is 12.2. The standard InChI is InChI=1S/C37H49N7O7/c1-36(2,3)51-35(49)42-37(4,5)34(48)40-28(24-50-23-27-15-10-7-11-16-27)32(46)41-30-21-43(25-39-30)22-31(45)44-20-12-17-29(44)33(47)38-19-18-26-13-8-6-9-14-26/h6-11,13-16,21,25,28-29H,12,17-20,22-24H2,1-5H3,(H,38,47)(H,40,48)(H,41,46)(H,42,49). The zero-order chi connectivity index (χ0) is 37.0. The van der Waals surface area contributed by atoms with Crippen molar-refractivity contribution in [2.45, 2.75) is 90.3 Å². The van der Waals surface area contributed by atoms with Gasteiger partial charge in [-0.05, 0) is 65.0 Å². The Labute approximate surface area is 298 Å². The molecule has 0 saturated carbocycles. The van der Waals surface area contributed by atoms with Crippen molar-refractivity contribution in [3.63, 3.8) is 0 Å². The van der Waals surface area contributed by atoms with Crippen LogP contribution in [0, 0.1) is 0 Å². The van der Waals surface area contributed by atoms with E-state index in [9.17, 15) is 24.0 Å². The fourth-order valence-corrected chi connectivity index (χ4v) is 5.41. The van der Waals surface area contributed by atoms with Gasteiger partial charge in [-0.2, -0.15) is 0 Å². The second kappa shape index (κ2) is 17.6. The zero-order valence-electron chi connectivity index (χ0n) is 29.9. The van der Waals surface area contributed by atoms with Crippen LogP contribution in [0.1, 0.15) is 58.6 Å². The van der Waals surface area contributed by atoms with Gasteiger partial charge in [-0.3, -0.25) is 19.2 Å². The number of nitrogens with zero attached hydrogens (tertiary/aromatic N) is 3. The number of imidazole rings is 1. The normalized spacial score (nSPS) is 15.1. The van der Waals surface area contributed by atoms with E-state index in [1.807, 2.05) is 60.7 Å². The number of ether oxygens (including phenoxy) is 2. The Bertz CT molecular complexity index is 1640. The van der Waals surface area contributed by atoms with Gasteiger partial charge >= 0.3 is 6.09 Å². The number of hydrogen-bond acceptors (Lipinski definition) is 8. The maximum Gasteiger partial charge on any atom is 0.408 e. The van der Waals surface area contributed by atoms with Gasteiger partial charge in [0, 0.05) is 19.3 Å². The molecule has 0 aliphatic carbocycles. The third-order valence-electron chi connectivity index (χ3n) is 8.03. The number of carbonyl (C=O) groups is 5. The Hall–Kier alpha value is -5.24. The molecule has 4 rings (SSSR count). The minimum Gasteiger partial charge on any atom is -0.444 e. The summed E-state index contributed by atoms with van der Waals surface area (Å²) in [7, 11) is 0. The molecule has 1 aliphatic heterocycles. The first-order valence-corrected chi connectivity index (χ1v) is 17.1. The lowest BCUT2D eigenvalue weighted by Crippen LogP contribution is -2.59. The molecule has 14 nitrogen and oxygen atoms in total. The smallest absolute Gasteiger partial charge is 0.408 e. The first-order valence-electron chi connectivity index (χ1n) is 17.1. The summed E-state index contributed by atoms with van der Waals surface area (Å²) in [5.41, 5.74) is -0.212.